The van der Waals surface area contributed by atoms with E-state index in [-0.39, 0.29) is 29.9 Å². The van der Waals surface area contributed by atoms with E-state index in [1.807, 2.05) is 20.8 Å². The summed E-state index contributed by atoms with van der Waals surface area (Å²) in [5, 5.41) is 6.40. The van der Waals surface area contributed by atoms with Crippen LogP contribution in [0.1, 0.15) is 44.7 Å². The number of carbonyl (C=O) groups excluding carboxylic acids is 1. The normalized spacial score (nSPS) is 14.3. The molecule has 27 heavy (non-hydrogen) atoms. The highest BCUT2D eigenvalue weighted by atomic mass is 127. The number of benzene rings is 1. The number of hydrogen-bond acceptors (Lipinski definition) is 3. The van der Waals surface area contributed by atoms with Crippen molar-refractivity contribution in [3.05, 3.63) is 29.3 Å². The summed E-state index contributed by atoms with van der Waals surface area (Å²) in [6.07, 6.45) is 2.53. The standard InChI is InChI=1S/C20H32N4O2.HI/c1-5-22-19(24-13-20(3,4)18(21)25)23-11-16-9-6-14(2)10-17(16)26-12-15-7-8-15;/h6,9-10,15H,5,7-8,11-13H2,1-4H3,(H2,21,25)(H2,22,23,24);1H. The van der Waals surface area contributed by atoms with Crippen LogP contribution in [0.5, 0.6) is 5.75 Å². The number of rotatable bonds is 9. The third kappa shape index (κ3) is 7.94. The maximum absolute atomic E-state index is 11.5. The topological polar surface area (TPSA) is 88.7 Å². The quantitative estimate of drug-likeness (QED) is 0.283. The minimum Gasteiger partial charge on any atom is -0.493 e. The lowest BCUT2D eigenvalue weighted by Crippen LogP contribution is -2.46. The number of amides is 1. The number of aryl methyl sites for hydroxylation is 1. The largest absolute Gasteiger partial charge is 0.493 e. The molecule has 0 bridgehead atoms. The van der Waals surface area contributed by atoms with Crippen LogP contribution >= 0.6 is 24.0 Å². The van der Waals surface area contributed by atoms with Crippen LogP contribution < -0.4 is 21.1 Å². The highest BCUT2D eigenvalue weighted by molar-refractivity contribution is 14.0. The molecular formula is C20H33IN4O2. The van der Waals surface area contributed by atoms with Crippen LogP contribution in [0.4, 0.5) is 0 Å². The summed E-state index contributed by atoms with van der Waals surface area (Å²) in [5.41, 5.74) is 7.03. The van der Waals surface area contributed by atoms with Gasteiger partial charge in [0.2, 0.25) is 5.91 Å². The van der Waals surface area contributed by atoms with E-state index in [1.165, 1.54) is 18.4 Å². The van der Waals surface area contributed by atoms with Gasteiger partial charge in [0.25, 0.3) is 0 Å². The second-order valence-electron chi connectivity index (χ2n) is 7.66. The molecule has 1 aliphatic rings. The molecule has 4 N–H and O–H groups in total. The fourth-order valence-corrected chi connectivity index (χ4v) is 2.32. The van der Waals surface area contributed by atoms with Crippen LogP contribution in [0, 0.1) is 18.3 Å². The molecule has 1 aromatic rings. The Hall–Kier alpha value is -1.51. The minimum atomic E-state index is -0.640. The van der Waals surface area contributed by atoms with E-state index < -0.39 is 5.41 Å². The molecule has 0 atom stereocenters. The van der Waals surface area contributed by atoms with Gasteiger partial charge in [0.15, 0.2) is 5.96 Å². The first kappa shape index (κ1) is 23.5. The van der Waals surface area contributed by atoms with Gasteiger partial charge >= 0.3 is 0 Å². The Morgan fingerprint density at radius 1 is 1.33 bits per heavy atom. The lowest BCUT2D eigenvalue weighted by Gasteiger charge is -2.22. The van der Waals surface area contributed by atoms with E-state index in [0.717, 1.165) is 24.5 Å². The number of nitrogens with one attached hydrogen (secondary N) is 2. The van der Waals surface area contributed by atoms with Crippen LogP contribution in [0.3, 0.4) is 0 Å². The van der Waals surface area contributed by atoms with Gasteiger partial charge in [0, 0.05) is 18.7 Å². The number of halogens is 1. The number of hydrogen-bond donors (Lipinski definition) is 3. The zero-order chi connectivity index (χ0) is 19.2. The first-order chi connectivity index (χ1) is 12.3. The zero-order valence-corrected chi connectivity index (χ0v) is 19.1. The Balaban J connectivity index is 0.00000364. The molecule has 0 spiro atoms. The van der Waals surface area contributed by atoms with Gasteiger partial charge in [-0.2, -0.15) is 0 Å². The third-order valence-electron chi connectivity index (χ3n) is 4.51. The minimum absolute atomic E-state index is 0. The first-order valence-corrected chi connectivity index (χ1v) is 9.36. The molecule has 0 aliphatic heterocycles. The van der Waals surface area contributed by atoms with Crippen molar-refractivity contribution in [1.82, 2.24) is 10.6 Å². The van der Waals surface area contributed by atoms with Gasteiger partial charge in [0.05, 0.1) is 18.6 Å². The van der Waals surface area contributed by atoms with Crippen molar-refractivity contribution in [2.24, 2.45) is 22.1 Å². The molecule has 1 aromatic carbocycles. The van der Waals surface area contributed by atoms with Gasteiger partial charge in [-0.25, -0.2) is 4.99 Å². The Labute approximate surface area is 179 Å². The van der Waals surface area contributed by atoms with Crippen molar-refractivity contribution >= 4 is 35.8 Å². The van der Waals surface area contributed by atoms with Crippen molar-refractivity contribution < 1.29 is 9.53 Å². The van der Waals surface area contributed by atoms with Crippen LogP contribution in [-0.2, 0) is 11.3 Å². The molecule has 6 nitrogen and oxygen atoms in total. The maximum Gasteiger partial charge on any atom is 0.224 e. The number of ether oxygens (including phenoxy) is 1. The summed E-state index contributed by atoms with van der Waals surface area (Å²) >= 11 is 0. The van der Waals surface area contributed by atoms with Crippen molar-refractivity contribution in [3.63, 3.8) is 0 Å². The SMILES string of the molecule is CCNC(=NCc1ccc(C)cc1OCC1CC1)NCC(C)(C)C(N)=O.I. The van der Waals surface area contributed by atoms with Crippen molar-refractivity contribution in [2.75, 3.05) is 19.7 Å². The summed E-state index contributed by atoms with van der Waals surface area (Å²) < 4.78 is 6.01. The van der Waals surface area contributed by atoms with E-state index in [1.54, 1.807) is 0 Å². The van der Waals surface area contributed by atoms with Crippen molar-refractivity contribution in [1.29, 1.82) is 0 Å². The monoisotopic (exact) mass is 488 g/mol. The number of nitrogens with zero attached hydrogens (tertiary/aromatic N) is 1. The molecule has 0 unspecified atom stereocenters. The number of aliphatic imine (C=N–C) groups is 1. The molecule has 0 aromatic heterocycles. The molecule has 1 saturated carbocycles. The van der Waals surface area contributed by atoms with Crippen molar-refractivity contribution in [2.45, 2.75) is 47.1 Å². The summed E-state index contributed by atoms with van der Waals surface area (Å²) in [7, 11) is 0. The van der Waals surface area contributed by atoms with Gasteiger partial charge < -0.3 is 21.1 Å². The van der Waals surface area contributed by atoms with Gasteiger partial charge in [-0.1, -0.05) is 12.1 Å². The van der Waals surface area contributed by atoms with E-state index in [4.69, 9.17) is 10.5 Å². The molecule has 1 amide bonds. The molecule has 0 heterocycles. The maximum atomic E-state index is 11.5. The molecule has 2 rings (SSSR count). The number of primary amides is 1. The van der Waals surface area contributed by atoms with Gasteiger partial charge in [-0.15, -0.1) is 24.0 Å². The summed E-state index contributed by atoms with van der Waals surface area (Å²) in [6.45, 7) is 10.2. The molecular weight excluding hydrogens is 455 g/mol. The zero-order valence-electron chi connectivity index (χ0n) is 16.8. The van der Waals surface area contributed by atoms with Gasteiger partial charge in [-0.05, 0) is 58.1 Å². The second kappa shape index (κ2) is 10.7. The lowest BCUT2D eigenvalue weighted by atomic mass is 9.93. The number of carbonyl (C=O) groups is 1. The van der Waals surface area contributed by atoms with Crippen LogP contribution in [0.15, 0.2) is 23.2 Å². The van der Waals surface area contributed by atoms with Gasteiger partial charge in [0.1, 0.15) is 5.75 Å². The summed E-state index contributed by atoms with van der Waals surface area (Å²) in [4.78, 5) is 16.1. The van der Waals surface area contributed by atoms with Crippen molar-refractivity contribution in [3.8, 4) is 5.75 Å². The summed E-state index contributed by atoms with van der Waals surface area (Å²) in [5.74, 6) is 1.95. The van der Waals surface area contributed by atoms with Gasteiger partial charge in [-0.3, -0.25) is 4.79 Å². The molecule has 1 fully saturated rings. The fourth-order valence-electron chi connectivity index (χ4n) is 2.32. The van der Waals surface area contributed by atoms with E-state index in [2.05, 4.69) is 40.7 Å². The number of nitrogens with two attached hydrogens (primary N) is 1. The molecule has 1 aliphatic carbocycles. The predicted octanol–water partition coefficient (Wildman–Crippen LogP) is 2.97. The second-order valence-corrected chi connectivity index (χ2v) is 7.66. The Morgan fingerprint density at radius 2 is 2.04 bits per heavy atom. The Morgan fingerprint density at radius 3 is 2.63 bits per heavy atom. The average Bonchev–Trinajstić information content (AvgIpc) is 3.41. The smallest absolute Gasteiger partial charge is 0.224 e. The van der Waals surface area contributed by atoms with E-state index in [0.29, 0.717) is 25.0 Å². The lowest BCUT2D eigenvalue weighted by molar-refractivity contribution is -0.125. The van der Waals surface area contributed by atoms with Crippen LogP contribution in [0.25, 0.3) is 0 Å². The van der Waals surface area contributed by atoms with E-state index >= 15 is 0 Å². The molecule has 7 heteroatoms. The Kier molecular flexibility index (Phi) is 9.35. The molecule has 0 radical (unpaired) electrons. The highest BCUT2D eigenvalue weighted by Gasteiger charge is 2.25. The molecule has 0 saturated heterocycles. The number of guanidine groups is 1. The third-order valence-corrected chi connectivity index (χ3v) is 4.51. The predicted molar refractivity (Wildman–Crippen MR) is 121 cm³/mol. The van der Waals surface area contributed by atoms with E-state index in [9.17, 15) is 4.79 Å². The average molecular weight is 488 g/mol. The highest BCUT2D eigenvalue weighted by Crippen LogP contribution is 2.31. The fraction of sp³-hybridized carbons (Fsp3) is 0.600. The first-order valence-electron chi connectivity index (χ1n) is 9.36. The van der Waals surface area contributed by atoms with Crippen LogP contribution in [-0.4, -0.2) is 31.6 Å². The summed E-state index contributed by atoms with van der Waals surface area (Å²) in [6, 6.07) is 6.22. The van der Waals surface area contributed by atoms with Crippen LogP contribution in [0.2, 0.25) is 0 Å². The molecule has 152 valence electrons. The Bertz CT molecular complexity index is 657.